The van der Waals surface area contributed by atoms with E-state index in [1.54, 1.807) is 0 Å². The number of hydrogen-bond donors (Lipinski definition) is 2. The Labute approximate surface area is 134 Å². The number of imidazole rings is 1. The average Bonchev–Trinajstić information content (AvgIpc) is 3.21. The second kappa shape index (κ2) is 6.78. The van der Waals surface area contributed by atoms with Crippen molar-refractivity contribution in [1.82, 2.24) is 20.4 Å². The zero-order valence-corrected chi connectivity index (χ0v) is 13.0. The van der Waals surface area contributed by atoms with Crippen LogP contribution in [0.4, 0.5) is 0 Å². The Morgan fingerprint density at radius 1 is 1.35 bits per heavy atom. The van der Waals surface area contributed by atoms with Crippen LogP contribution in [0.1, 0.15) is 25.6 Å². The molecule has 0 spiro atoms. The van der Waals surface area contributed by atoms with Crippen LogP contribution in [0, 0.1) is 0 Å². The maximum absolute atomic E-state index is 12.1. The normalized spacial score (nSPS) is 17.3. The molecule has 23 heavy (non-hydrogen) atoms. The van der Waals surface area contributed by atoms with Gasteiger partial charge in [0.05, 0.1) is 11.0 Å². The van der Waals surface area contributed by atoms with Gasteiger partial charge in [-0.25, -0.2) is 4.98 Å². The Morgan fingerprint density at radius 3 is 2.91 bits per heavy atom. The highest BCUT2D eigenvalue weighted by Crippen LogP contribution is 2.16. The van der Waals surface area contributed by atoms with Crippen LogP contribution < -0.4 is 10.9 Å². The molecule has 2 N–H and O–H groups in total. The number of fused-ring (bicyclic) bond motifs is 1. The zero-order valence-electron chi connectivity index (χ0n) is 13.0. The predicted molar refractivity (Wildman–Crippen MR) is 84.4 cm³/mol. The van der Waals surface area contributed by atoms with Gasteiger partial charge in [0.15, 0.2) is 0 Å². The van der Waals surface area contributed by atoms with E-state index in [-0.39, 0.29) is 18.4 Å². The van der Waals surface area contributed by atoms with Crippen LogP contribution in [0.25, 0.3) is 11.0 Å². The summed E-state index contributed by atoms with van der Waals surface area (Å²) in [5, 5.41) is 0. The summed E-state index contributed by atoms with van der Waals surface area (Å²) in [4.78, 5) is 28.5. The summed E-state index contributed by atoms with van der Waals surface area (Å²) in [7, 11) is 0. The van der Waals surface area contributed by atoms with Gasteiger partial charge in [-0.1, -0.05) is 19.1 Å². The van der Waals surface area contributed by atoms with Gasteiger partial charge in [-0.3, -0.25) is 20.4 Å². The van der Waals surface area contributed by atoms with Crippen molar-refractivity contribution < 1.29 is 14.3 Å². The highest BCUT2D eigenvalue weighted by Gasteiger charge is 2.23. The third kappa shape index (κ3) is 3.34. The molecule has 7 heteroatoms. The number of nitrogens with one attached hydrogen (secondary N) is 2. The average molecular weight is 316 g/mol. The fourth-order valence-electron chi connectivity index (χ4n) is 2.75. The Balaban J connectivity index is 1.64. The molecule has 1 unspecified atom stereocenters. The van der Waals surface area contributed by atoms with Crippen molar-refractivity contribution in [2.45, 2.75) is 38.8 Å². The molecule has 7 nitrogen and oxygen atoms in total. The lowest BCUT2D eigenvalue weighted by molar-refractivity contribution is -0.135. The Kier molecular flexibility index (Phi) is 4.57. The second-order valence-corrected chi connectivity index (χ2v) is 5.50. The van der Waals surface area contributed by atoms with E-state index in [9.17, 15) is 9.59 Å². The number of benzene rings is 1. The summed E-state index contributed by atoms with van der Waals surface area (Å²) in [5.41, 5.74) is 6.64. The molecule has 2 heterocycles. The van der Waals surface area contributed by atoms with Crippen LogP contribution in [0.5, 0.6) is 0 Å². The van der Waals surface area contributed by atoms with Crippen molar-refractivity contribution in [3.05, 3.63) is 30.1 Å². The molecule has 0 bridgehead atoms. The summed E-state index contributed by atoms with van der Waals surface area (Å²) in [5.74, 6) is 0.239. The summed E-state index contributed by atoms with van der Waals surface area (Å²) < 4.78 is 7.13. The molecule has 1 aromatic carbocycles. The molecular formula is C16H20N4O3. The number of carbonyl (C=O) groups is 2. The highest BCUT2D eigenvalue weighted by molar-refractivity contribution is 5.85. The molecule has 1 saturated heterocycles. The minimum absolute atomic E-state index is 0.107. The van der Waals surface area contributed by atoms with Crippen molar-refractivity contribution in [1.29, 1.82) is 0 Å². The molecule has 1 fully saturated rings. The number of ether oxygens (including phenoxy) is 1. The van der Waals surface area contributed by atoms with Gasteiger partial charge in [-0.15, -0.1) is 0 Å². The third-order valence-corrected chi connectivity index (χ3v) is 3.90. The summed E-state index contributed by atoms with van der Waals surface area (Å²) in [6, 6.07) is 7.68. The first-order valence-corrected chi connectivity index (χ1v) is 7.83. The van der Waals surface area contributed by atoms with Crippen LogP contribution in [-0.2, 0) is 27.3 Å². The van der Waals surface area contributed by atoms with Gasteiger partial charge in [-0.05, 0) is 25.0 Å². The van der Waals surface area contributed by atoms with Crippen molar-refractivity contribution in [2.24, 2.45) is 0 Å². The van der Waals surface area contributed by atoms with Gasteiger partial charge < -0.3 is 9.30 Å². The lowest BCUT2D eigenvalue weighted by Crippen LogP contribution is -2.47. The molecule has 2 amide bonds. The van der Waals surface area contributed by atoms with Crippen LogP contribution in [0.2, 0.25) is 0 Å². The smallest absolute Gasteiger partial charge is 0.267 e. The summed E-state index contributed by atoms with van der Waals surface area (Å²) in [6.45, 7) is 2.69. The third-order valence-electron chi connectivity index (χ3n) is 3.90. The SMILES string of the molecule is CCc1nc2ccccc2n1CC(=O)NNC(=O)C1CCCO1. The second-order valence-electron chi connectivity index (χ2n) is 5.50. The molecule has 2 aromatic rings. The Bertz CT molecular complexity index is 719. The highest BCUT2D eigenvalue weighted by atomic mass is 16.5. The molecule has 1 aromatic heterocycles. The number of amides is 2. The van der Waals surface area contributed by atoms with Gasteiger partial charge in [0.25, 0.3) is 11.8 Å². The molecule has 3 rings (SSSR count). The quantitative estimate of drug-likeness (QED) is 0.822. The number of aryl methyl sites for hydroxylation is 1. The Hall–Kier alpha value is -2.41. The molecule has 0 radical (unpaired) electrons. The molecular weight excluding hydrogens is 296 g/mol. The van der Waals surface area contributed by atoms with Gasteiger partial charge in [-0.2, -0.15) is 0 Å². The fraction of sp³-hybridized carbons (Fsp3) is 0.438. The fourth-order valence-corrected chi connectivity index (χ4v) is 2.75. The maximum Gasteiger partial charge on any atom is 0.267 e. The van der Waals surface area contributed by atoms with E-state index in [0.717, 1.165) is 29.7 Å². The van der Waals surface area contributed by atoms with Gasteiger partial charge in [0, 0.05) is 13.0 Å². The lowest BCUT2D eigenvalue weighted by atomic mass is 10.2. The monoisotopic (exact) mass is 316 g/mol. The first kappa shape index (κ1) is 15.5. The number of para-hydroxylation sites is 2. The molecule has 0 saturated carbocycles. The van der Waals surface area contributed by atoms with Crippen molar-refractivity contribution in [3.63, 3.8) is 0 Å². The number of aromatic nitrogens is 2. The number of rotatable bonds is 4. The standard InChI is InChI=1S/C16H20N4O3/c1-2-14-17-11-6-3-4-7-12(11)20(14)10-15(21)18-19-16(22)13-8-5-9-23-13/h3-4,6-7,13H,2,5,8-10H2,1H3,(H,18,21)(H,19,22). The molecule has 1 atom stereocenters. The van der Waals surface area contributed by atoms with Crippen LogP contribution >= 0.6 is 0 Å². The van der Waals surface area contributed by atoms with Crippen LogP contribution in [-0.4, -0.2) is 34.1 Å². The van der Waals surface area contributed by atoms with Crippen LogP contribution in [0.15, 0.2) is 24.3 Å². The van der Waals surface area contributed by atoms with E-state index in [0.29, 0.717) is 13.0 Å². The molecule has 1 aliphatic rings. The van der Waals surface area contributed by atoms with Gasteiger partial charge in [0.1, 0.15) is 18.5 Å². The lowest BCUT2D eigenvalue weighted by Gasteiger charge is -2.12. The number of hydrogen-bond acceptors (Lipinski definition) is 4. The molecule has 1 aliphatic heterocycles. The Morgan fingerprint density at radius 2 is 2.17 bits per heavy atom. The van der Waals surface area contributed by atoms with E-state index in [1.807, 2.05) is 35.8 Å². The largest absolute Gasteiger partial charge is 0.368 e. The van der Waals surface area contributed by atoms with Crippen molar-refractivity contribution in [3.8, 4) is 0 Å². The van der Waals surface area contributed by atoms with Crippen LogP contribution in [0.3, 0.4) is 0 Å². The predicted octanol–water partition coefficient (Wildman–Crippen LogP) is 0.925. The minimum Gasteiger partial charge on any atom is -0.368 e. The van der Waals surface area contributed by atoms with Crippen molar-refractivity contribution in [2.75, 3.05) is 6.61 Å². The summed E-state index contributed by atoms with van der Waals surface area (Å²) in [6.07, 6.45) is 1.82. The number of hydrazine groups is 1. The zero-order chi connectivity index (χ0) is 16.2. The molecule has 122 valence electrons. The van der Waals surface area contributed by atoms with Gasteiger partial charge >= 0.3 is 0 Å². The number of nitrogens with zero attached hydrogens (tertiary/aromatic N) is 2. The first-order chi connectivity index (χ1) is 11.2. The topological polar surface area (TPSA) is 85.3 Å². The minimum atomic E-state index is -0.462. The maximum atomic E-state index is 12.1. The van der Waals surface area contributed by atoms with E-state index in [4.69, 9.17) is 4.74 Å². The summed E-state index contributed by atoms with van der Waals surface area (Å²) >= 11 is 0. The van der Waals surface area contributed by atoms with E-state index in [1.165, 1.54) is 0 Å². The first-order valence-electron chi connectivity index (χ1n) is 7.83. The van der Waals surface area contributed by atoms with E-state index >= 15 is 0 Å². The van der Waals surface area contributed by atoms with Gasteiger partial charge in [0.2, 0.25) is 0 Å². The van der Waals surface area contributed by atoms with E-state index in [2.05, 4.69) is 15.8 Å². The number of carbonyl (C=O) groups excluding carboxylic acids is 2. The molecule has 0 aliphatic carbocycles. The van der Waals surface area contributed by atoms with E-state index < -0.39 is 6.10 Å². The van der Waals surface area contributed by atoms with Crippen molar-refractivity contribution >= 4 is 22.8 Å².